The molecule has 1 atom stereocenters. The third-order valence-corrected chi connectivity index (χ3v) is 2.41. The van der Waals surface area contributed by atoms with Crippen molar-refractivity contribution in [1.29, 1.82) is 0 Å². The van der Waals surface area contributed by atoms with E-state index in [1.807, 2.05) is 0 Å². The van der Waals surface area contributed by atoms with E-state index < -0.39 is 17.8 Å². The van der Waals surface area contributed by atoms with Gasteiger partial charge in [-0.05, 0) is 24.1 Å². The summed E-state index contributed by atoms with van der Waals surface area (Å²) in [7, 11) is 1.29. The van der Waals surface area contributed by atoms with E-state index in [1.165, 1.54) is 19.2 Å². The molecule has 0 spiro atoms. The molecule has 1 unspecified atom stereocenters. The Balaban J connectivity index is 0.00000289. The standard InChI is InChI=1S/C11H14F3NO2.ClH/c1-17-7-2-3-8(10(15)4-5-16)9(6-7)11(12,13)14;/h2-3,6,10,16H,4-5,15H2,1H3;1H. The number of halogens is 4. The van der Waals surface area contributed by atoms with E-state index in [0.717, 1.165) is 6.07 Å². The van der Waals surface area contributed by atoms with Gasteiger partial charge in [0.2, 0.25) is 0 Å². The van der Waals surface area contributed by atoms with Crippen molar-refractivity contribution >= 4 is 12.4 Å². The highest BCUT2D eigenvalue weighted by Gasteiger charge is 2.35. The Morgan fingerprint density at radius 1 is 1.39 bits per heavy atom. The Morgan fingerprint density at radius 2 is 2.00 bits per heavy atom. The van der Waals surface area contributed by atoms with E-state index in [-0.39, 0.29) is 36.7 Å². The number of aliphatic hydroxyl groups is 1. The van der Waals surface area contributed by atoms with Crippen molar-refractivity contribution < 1.29 is 23.0 Å². The summed E-state index contributed by atoms with van der Waals surface area (Å²) in [6.07, 6.45) is -4.41. The molecule has 0 radical (unpaired) electrons. The summed E-state index contributed by atoms with van der Waals surface area (Å²) in [5, 5.41) is 8.71. The van der Waals surface area contributed by atoms with E-state index in [1.54, 1.807) is 0 Å². The fourth-order valence-corrected chi connectivity index (χ4v) is 1.53. The number of methoxy groups -OCH3 is 1. The molecule has 1 aromatic carbocycles. The van der Waals surface area contributed by atoms with Gasteiger partial charge in [-0.1, -0.05) is 6.07 Å². The van der Waals surface area contributed by atoms with Gasteiger partial charge in [-0.25, -0.2) is 0 Å². The molecule has 0 amide bonds. The summed E-state index contributed by atoms with van der Waals surface area (Å²) in [4.78, 5) is 0. The minimum atomic E-state index is -4.49. The largest absolute Gasteiger partial charge is 0.497 e. The average Bonchev–Trinajstić information content (AvgIpc) is 2.27. The molecule has 3 N–H and O–H groups in total. The average molecular weight is 286 g/mol. The van der Waals surface area contributed by atoms with E-state index in [4.69, 9.17) is 15.6 Å². The molecule has 0 fully saturated rings. The molecular formula is C11H15ClF3NO2. The van der Waals surface area contributed by atoms with Gasteiger partial charge < -0.3 is 15.6 Å². The maximum absolute atomic E-state index is 12.8. The molecule has 7 heteroatoms. The van der Waals surface area contributed by atoms with Gasteiger partial charge in [0, 0.05) is 12.6 Å². The molecule has 0 heterocycles. The van der Waals surface area contributed by atoms with Crippen LogP contribution in [-0.4, -0.2) is 18.8 Å². The van der Waals surface area contributed by atoms with Crippen molar-refractivity contribution in [1.82, 2.24) is 0 Å². The Morgan fingerprint density at radius 3 is 2.44 bits per heavy atom. The number of ether oxygens (including phenoxy) is 1. The number of nitrogens with two attached hydrogens (primary N) is 1. The van der Waals surface area contributed by atoms with Crippen LogP contribution in [0.5, 0.6) is 5.75 Å². The van der Waals surface area contributed by atoms with Crippen molar-refractivity contribution in [3.8, 4) is 5.75 Å². The summed E-state index contributed by atoms with van der Waals surface area (Å²) in [5.74, 6) is 0.122. The van der Waals surface area contributed by atoms with Crippen LogP contribution in [0.1, 0.15) is 23.6 Å². The summed E-state index contributed by atoms with van der Waals surface area (Å²) >= 11 is 0. The van der Waals surface area contributed by atoms with Crippen LogP contribution < -0.4 is 10.5 Å². The van der Waals surface area contributed by atoms with Crippen LogP contribution >= 0.6 is 12.4 Å². The van der Waals surface area contributed by atoms with Crippen LogP contribution in [-0.2, 0) is 6.18 Å². The quantitative estimate of drug-likeness (QED) is 0.894. The Hall–Kier alpha value is -0.980. The Bertz CT molecular complexity index is 385. The second-order valence-electron chi connectivity index (χ2n) is 3.57. The molecule has 0 aliphatic carbocycles. The van der Waals surface area contributed by atoms with Crippen LogP contribution in [0.3, 0.4) is 0 Å². The molecule has 3 nitrogen and oxygen atoms in total. The topological polar surface area (TPSA) is 55.5 Å². The lowest BCUT2D eigenvalue weighted by molar-refractivity contribution is -0.138. The summed E-state index contributed by atoms with van der Waals surface area (Å²) in [6, 6.07) is 2.76. The van der Waals surface area contributed by atoms with Gasteiger partial charge in [-0.3, -0.25) is 0 Å². The highest BCUT2D eigenvalue weighted by atomic mass is 35.5. The van der Waals surface area contributed by atoms with E-state index >= 15 is 0 Å². The Labute approximate surface area is 109 Å². The zero-order valence-corrected chi connectivity index (χ0v) is 10.5. The minimum absolute atomic E-state index is 0. The second-order valence-corrected chi connectivity index (χ2v) is 3.57. The lowest BCUT2D eigenvalue weighted by Crippen LogP contribution is -2.18. The zero-order valence-electron chi connectivity index (χ0n) is 9.70. The van der Waals surface area contributed by atoms with Crippen LogP contribution in [0.15, 0.2) is 18.2 Å². The maximum atomic E-state index is 12.8. The van der Waals surface area contributed by atoms with Gasteiger partial charge in [-0.2, -0.15) is 13.2 Å². The van der Waals surface area contributed by atoms with Gasteiger partial charge in [0.1, 0.15) is 5.75 Å². The van der Waals surface area contributed by atoms with Crippen LogP contribution in [0.25, 0.3) is 0 Å². The lowest BCUT2D eigenvalue weighted by atomic mass is 9.98. The molecule has 0 aromatic heterocycles. The lowest BCUT2D eigenvalue weighted by Gasteiger charge is -2.18. The highest BCUT2D eigenvalue weighted by Crippen LogP contribution is 2.36. The molecule has 18 heavy (non-hydrogen) atoms. The summed E-state index contributed by atoms with van der Waals surface area (Å²) in [5.41, 5.74) is 4.74. The first kappa shape index (κ1) is 17.0. The third-order valence-electron chi connectivity index (χ3n) is 2.41. The van der Waals surface area contributed by atoms with E-state index in [2.05, 4.69) is 0 Å². The van der Waals surface area contributed by atoms with Gasteiger partial charge in [0.25, 0.3) is 0 Å². The van der Waals surface area contributed by atoms with Crippen molar-refractivity contribution in [2.75, 3.05) is 13.7 Å². The number of alkyl halides is 3. The predicted molar refractivity (Wildman–Crippen MR) is 63.9 cm³/mol. The zero-order chi connectivity index (χ0) is 13.1. The first-order chi connectivity index (χ1) is 7.90. The molecular weight excluding hydrogens is 271 g/mol. The SMILES string of the molecule is COc1ccc(C(N)CCO)c(C(F)(F)F)c1.Cl. The number of rotatable bonds is 4. The second kappa shape index (κ2) is 6.82. The van der Waals surface area contributed by atoms with Gasteiger partial charge >= 0.3 is 6.18 Å². The molecule has 1 rings (SSSR count). The first-order valence-electron chi connectivity index (χ1n) is 5.01. The molecule has 0 aliphatic heterocycles. The smallest absolute Gasteiger partial charge is 0.416 e. The molecule has 0 bridgehead atoms. The normalized spacial score (nSPS) is 12.8. The number of hydrogen-bond donors (Lipinski definition) is 2. The van der Waals surface area contributed by atoms with Crippen molar-refractivity contribution in [3.05, 3.63) is 29.3 Å². The molecule has 104 valence electrons. The Kier molecular flexibility index (Phi) is 6.45. The molecule has 0 aliphatic rings. The van der Waals surface area contributed by atoms with Crippen LogP contribution in [0.4, 0.5) is 13.2 Å². The summed E-state index contributed by atoms with van der Waals surface area (Å²) in [6.45, 7) is -0.259. The van der Waals surface area contributed by atoms with Crippen LogP contribution in [0.2, 0.25) is 0 Å². The monoisotopic (exact) mass is 285 g/mol. The fourth-order valence-electron chi connectivity index (χ4n) is 1.53. The predicted octanol–water partition coefficient (Wildman–Crippen LogP) is 2.52. The van der Waals surface area contributed by atoms with E-state index in [0.29, 0.717) is 0 Å². The molecule has 1 aromatic rings. The van der Waals surface area contributed by atoms with E-state index in [9.17, 15) is 13.2 Å². The number of aliphatic hydroxyl groups excluding tert-OH is 1. The minimum Gasteiger partial charge on any atom is -0.497 e. The van der Waals surface area contributed by atoms with Crippen molar-refractivity contribution in [2.45, 2.75) is 18.6 Å². The number of hydrogen-bond acceptors (Lipinski definition) is 3. The van der Waals surface area contributed by atoms with Crippen molar-refractivity contribution in [2.24, 2.45) is 5.73 Å². The molecule has 0 saturated heterocycles. The number of benzene rings is 1. The highest BCUT2D eigenvalue weighted by molar-refractivity contribution is 5.85. The fraction of sp³-hybridized carbons (Fsp3) is 0.455. The van der Waals surface area contributed by atoms with Gasteiger partial charge in [-0.15, -0.1) is 12.4 Å². The van der Waals surface area contributed by atoms with Crippen molar-refractivity contribution in [3.63, 3.8) is 0 Å². The summed E-state index contributed by atoms with van der Waals surface area (Å²) < 4.78 is 43.1. The van der Waals surface area contributed by atoms with Gasteiger partial charge in [0.05, 0.1) is 12.7 Å². The molecule has 0 saturated carbocycles. The van der Waals surface area contributed by atoms with Gasteiger partial charge in [0.15, 0.2) is 0 Å². The van der Waals surface area contributed by atoms with Crippen LogP contribution in [0, 0.1) is 0 Å². The first-order valence-corrected chi connectivity index (χ1v) is 5.01. The third kappa shape index (κ3) is 4.04. The maximum Gasteiger partial charge on any atom is 0.416 e.